The van der Waals surface area contributed by atoms with Crippen LogP contribution < -0.4 is 0 Å². The number of hydrogen-bond donors (Lipinski definition) is 0. The Morgan fingerprint density at radius 3 is 2.19 bits per heavy atom. The number of carbonyl (C=O) groups excluding carboxylic acids is 2. The van der Waals surface area contributed by atoms with Gasteiger partial charge in [0.05, 0.1) is 13.2 Å². The van der Waals surface area contributed by atoms with Gasteiger partial charge in [-0.1, -0.05) is 60.7 Å². The Hall–Kier alpha value is -2.92. The van der Waals surface area contributed by atoms with Gasteiger partial charge in [-0.25, -0.2) is 4.79 Å². The van der Waals surface area contributed by atoms with E-state index in [0.717, 1.165) is 11.1 Å². The lowest BCUT2D eigenvalue weighted by Crippen LogP contribution is -2.42. The van der Waals surface area contributed by atoms with Gasteiger partial charge in [-0.15, -0.1) is 0 Å². The highest BCUT2D eigenvalue weighted by Gasteiger charge is 2.41. The van der Waals surface area contributed by atoms with Gasteiger partial charge in [0.1, 0.15) is 5.57 Å². The third-order valence-corrected chi connectivity index (χ3v) is 4.66. The van der Waals surface area contributed by atoms with E-state index >= 15 is 0 Å². The summed E-state index contributed by atoms with van der Waals surface area (Å²) in [5.41, 5.74) is 2.44. The second-order valence-corrected chi connectivity index (χ2v) is 6.26. The summed E-state index contributed by atoms with van der Waals surface area (Å²) in [5.74, 6) is -0.843. The van der Waals surface area contributed by atoms with Gasteiger partial charge in [0.2, 0.25) is 0 Å². The lowest BCUT2D eigenvalue weighted by atomic mass is 9.92. The Labute approximate surface area is 151 Å². The molecule has 1 saturated heterocycles. The summed E-state index contributed by atoms with van der Waals surface area (Å²) in [6.45, 7) is 1.93. The number of nitrogens with zero attached hydrogens (tertiary/aromatic N) is 1. The number of amides is 1. The number of cyclic esters (lactones) is 1. The summed E-state index contributed by atoms with van der Waals surface area (Å²) >= 11 is 0. The number of benzene rings is 2. The fraction of sp³-hybridized carbons (Fsp3) is 0.238. The average molecular weight is 349 g/mol. The number of esters is 1. The van der Waals surface area contributed by atoms with E-state index in [1.165, 1.54) is 0 Å². The van der Waals surface area contributed by atoms with Gasteiger partial charge in [-0.05, 0) is 11.1 Å². The van der Waals surface area contributed by atoms with Crippen LogP contribution in [-0.2, 0) is 19.1 Å². The van der Waals surface area contributed by atoms with Crippen LogP contribution in [0.5, 0.6) is 0 Å². The summed E-state index contributed by atoms with van der Waals surface area (Å²) in [6.07, 6.45) is -0.578. The third kappa shape index (κ3) is 3.02. The average Bonchev–Trinajstić information content (AvgIpc) is 3.06. The lowest BCUT2D eigenvalue weighted by molar-refractivity contribution is -0.143. The zero-order valence-corrected chi connectivity index (χ0v) is 14.3. The van der Waals surface area contributed by atoms with Crippen molar-refractivity contribution in [3.05, 3.63) is 77.4 Å². The first-order valence-electron chi connectivity index (χ1n) is 8.68. The highest BCUT2D eigenvalue weighted by Crippen LogP contribution is 2.42. The molecule has 0 aliphatic carbocycles. The molecule has 2 heterocycles. The zero-order valence-electron chi connectivity index (χ0n) is 14.3. The van der Waals surface area contributed by atoms with Crippen LogP contribution in [0.25, 0.3) is 5.57 Å². The molecule has 0 N–H and O–H groups in total. The molecule has 0 bridgehead atoms. The minimum Gasteiger partial charge on any atom is -0.449 e. The van der Waals surface area contributed by atoms with E-state index < -0.39 is 12.1 Å². The Kier molecular flexibility index (Phi) is 4.54. The van der Waals surface area contributed by atoms with Crippen molar-refractivity contribution in [1.82, 2.24) is 4.90 Å². The maximum absolute atomic E-state index is 13.1. The molecule has 5 nitrogen and oxygen atoms in total. The molecule has 2 aliphatic heterocycles. The van der Waals surface area contributed by atoms with Crippen LogP contribution in [0.1, 0.15) is 17.2 Å². The van der Waals surface area contributed by atoms with E-state index in [-0.39, 0.29) is 11.5 Å². The van der Waals surface area contributed by atoms with Crippen molar-refractivity contribution in [1.29, 1.82) is 0 Å². The monoisotopic (exact) mass is 349 g/mol. The molecular formula is C21H19NO4. The molecule has 132 valence electrons. The molecule has 0 aromatic heterocycles. The molecule has 1 amide bonds. The number of morpholine rings is 1. The number of rotatable bonds is 3. The van der Waals surface area contributed by atoms with Crippen LogP contribution in [0.3, 0.4) is 0 Å². The van der Waals surface area contributed by atoms with E-state index in [0.29, 0.717) is 31.9 Å². The largest absolute Gasteiger partial charge is 0.449 e. The van der Waals surface area contributed by atoms with Gasteiger partial charge in [-0.3, -0.25) is 4.79 Å². The molecule has 1 unspecified atom stereocenters. The van der Waals surface area contributed by atoms with Crippen molar-refractivity contribution >= 4 is 17.4 Å². The molecule has 2 aromatic rings. The molecular weight excluding hydrogens is 330 g/mol. The molecule has 0 spiro atoms. The molecule has 1 atom stereocenters. The summed E-state index contributed by atoms with van der Waals surface area (Å²) < 4.78 is 11.0. The summed E-state index contributed by atoms with van der Waals surface area (Å²) in [5, 5.41) is 0. The molecule has 26 heavy (non-hydrogen) atoms. The Balaban J connectivity index is 1.82. The molecule has 2 aromatic carbocycles. The zero-order chi connectivity index (χ0) is 17.9. The molecule has 0 saturated carbocycles. The highest BCUT2D eigenvalue weighted by atomic mass is 16.5. The maximum atomic E-state index is 13.1. The van der Waals surface area contributed by atoms with Crippen molar-refractivity contribution in [3.8, 4) is 0 Å². The Morgan fingerprint density at radius 1 is 0.923 bits per heavy atom. The third-order valence-electron chi connectivity index (χ3n) is 4.66. The standard InChI is InChI=1S/C21H19NO4/c23-20(22-11-13-25-14-12-22)18-17(15-7-3-1-4-8-15)19(26-21(18)24)16-9-5-2-6-10-16/h1-10,19H,11-14H2. The first-order chi connectivity index (χ1) is 12.8. The summed E-state index contributed by atoms with van der Waals surface area (Å²) in [4.78, 5) is 27.4. The fourth-order valence-corrected chi connectivity index (χ4v) is 3.37. The minimum absolute atomic E-state index is 0.131. The van der Waals surface area contributed by atoms with Crippen LogP contribution in [-0.4, -0.2) is 43.1 Å². The van der Waals surface area contributed by atoms with Gasteiger partial charge in [-0.2, -0.15) is 0 Å². The SMILES string of the molecule is O=C1OC(c2ccccc2)C(c2ccccc2)=C1C(=O)N1CCOCC1. The van der Waals surface area contributed by atoms with E-state index in [2.05, 4.69) is 0 Å². The molecule has 0 radical (unpaired) electrons. The van der Waals surface area contributed by atoms with Crippen molar-refractivity contribution in [2.24, 2.45) is 0 Å². The van der Waals surface area contributed by atoms with Crippen LogP contribution in [0.2, 0.25) is 0 Å². The van der Waals surface area contributed by atoms with E-state index in [9.17, 15) is 9.59 Å². The molecule has 4 rings (SSSR count). The smallest absolute Gasteiger partial charge is 0.345 e. The topological polar surface area (TPSA) is 55.8 Å². The quantitative estimate of drug-likeness (QED) is 0.631. The predicted octanol–water partition coefficient (Wildman–Crippen LogP) is 2.60. The first kappa shape index (κ1) is 16.5. The van der Waals surface area contributed by atoms with Gasteiger partial charge in [0.15, 0.2) is 6.10 Å². The fourth-order valence-electron chi connectivity index (χ4n) is 3.37. The highest BCUT2D eigenvalue weighted by molar-refractivity contribution is 6.24. The van der Waals surface area contributed by atoms with Crippen LogP contribution in [0.15, 0.2) is 66.2 Å². The Bertz CT molecular complexity index is 839. The maximum Gasteiger partial charge on any atom is 0.345 e. The first-order valence-corrected chi connectivity index (χ1v) is 8.68. The van der Waals surface area contributed by atoms with Gasteiger partial charge in [0, 0.05) is 18.7 Å². The summed E-state index contributed by atoms with van der Waals surface area (Å²) in [6, 6.07) is 19.0. The van der Waals surface area contributed by atoms with E-state index in [4.69, 9.17) is 9.47 Å². The van der Waals surface area contributed by atoms with Gasteiger partial charge < -0.3 is 14.4 Å². The van der Waals surface area contributed by atoms with Crippen molar-refractivity contribution in [3.63, 3.8) is 0 Å². The molecule has 2 aliphatic rings. The van der Waals surface area contributed by atoms with Gasteiger partial charge >= 0.3 is 5.97 Å². The van der Waals surface area contributed by atoms with Crippen LogP contribution >= 0.6 is 0 Å². The number of ether oxygens (including phenoxy) is 2. The van der Waals surface area contributed by atoms with E-state index in [1.54, 1.807) is 4.90 Å². The van der Waals surface area contributed by atoms with E-state index in [1.807, 2.05) is 60.7 Å². The predicted molar refractivity (Wildman–Crippen MR) is 96.0 cm³/mol. The number of carbonyl (C=O) groups is 2. The lowest BCUT2D eigenvalue weighted by Gasteiger charge is -2.27. The van der Waals surface area contributed by atoms with Crippen LogP contribution in [0.4, 0.5) is 0 Å². The van der Waals surface area contributed by atoms with Crippen LogP contribution in [0, 0.1) is 0 Å². The second-order valence-electron chi connectivity index (χ2n) is 6.26. The normalized spacial score (nSPS) is 20.2. The van der Waals surface area contributed by atoms with Crippen molar-refractivity contribution in [2.45, 2.75) is 6.10 Å². The minimum atomic E-state index is -0.578. The number of hydrogen-bond acceptors (Lipinski definition) is 4. The Morgan fingerprint density at radius 2 is 1.54 bits per heavy atom. The van der Waals surface area contributed by atoms with Crippen molar-refractivity contribution < 1.29 is 19.1 Å². The van der Waals surface area contributed by atoms with Gasteiger partial charge in [0.25, 0.3) is 5.91 Å². The van der Waals surface area contributed by atoms with Crippen molar-refractivity contribution in [2.75, 3.05) is 26.3 Å². The second kappa shape index (κ2) is 7.14. The molecule has 1 fully saturated rings. The molecule has 5 heteroatoms. The summed E-state index contributed by atoms with van der Waals surface area (Å²) in [7, 11) is 0.